The zero-order valence-electron chi connectivity index (χ0n) is 69.5. The van der Waals surface area contributed by atoms with Crippen LogP contribution in [0.1, 0.15) is 124 Å². The topological polar surface area (TPSA) is 660 Å². The average molecular weight is 1820 g/mol. The predicted octanol–water partition coefficient (Wildman–Crippen LogP) is -0.126. The Labute approximate surface area is 739 Å². The van der Waals surface area contributed by atoms with E-state index in [1.54, 1.807) is 44.3 Å². The fourth-order valence-corrected chi connectivity index (χ4v) is 16.3. The van der Waals surface area contributed by atoms with Gasteiger partial charge in [-0.3, -0.25) is 47.9 Å². The fourth-order valence-electron chi connectivity index (χ4n) is 15.9. The maximum Gasteiger partial charge on any atom is 0.326 e. The van der Waals surface area contributed by atoms with Crippen molar-refractivity contribution in [2.45, 2.75) is 194 Å². The Morgan fingerprint density at radius 3 is 2.01 bits per heavy atom. The number of aromatic nitrogens is 1. The molecule has 43 heteroatoms. The summed E-state index contributed by atoms with van der Waals surface area (Å²) in [7, 11) is 1.33. The number of nitrogens with two attached hydrogens (primary N) is 3. The van der Waals surface area contributed by atoms with E-state index in [9.17, 15) is 70.2 Å². The minimum atomic E-state index is -3.65. The van der Waals surface area contributed by atoms with Gasteiger partial charge in [0.2, 0.25) is 64.8 Å². The third kappa shape index (κ3) is 20.9. The van der Waals surface area contributed by atoms with Gasteiger partial charge in [0.1, 0.15) is 102 Å². The van der Waals surface area contributed by atoms with Crippen LogP contribution in [0.4, 0.5) is 0 Å². The SMILES string of the molecule is CN[C@H](CC(C)C)C(=O)N[C@@]1(C(=O)NCC(=O)N[C@@H](Cc2c[nH]c3ccccc23)C(=O)N[C@@H](CCCCN)C(=O)O)C(=O)N[C@@H](CC(N)=O)C(=O)N[C@H]2C(=O)N[C@H]3C(=O)N[C@H](C(=O)NCc4cc(O)cc(O)c4-c4cc3ccc4O)[C@H](O[C@H]3C[C@](C)(N)[C@@H](O)[C@H](C)O3)c3ccc(c(Cl)c3)Oc3cc2cc(c3O[C@@H]2O[C@H](CO)[C@@H](O)[C@H](O)[C@H]2O)Oc2ccc(cc2Cl)[C@H]1O. The van der Waals surface area contributed by atoms with Crippen LogP contribution in [-0.2, 0) is 79.9 Å². The molecule has 128 heavy (non-hydrogen) atoms. The number of rotatable bonds is 25. The summed E-state index contributed by atoms with van der Waals surface area (Å²) in [6.45, 7) is 3.72. The Bertz CT molecular complexity index is 5410. The van der Waals surface area contributed by atoms with Gasteiger partial charge in [-0.05, 0) is 153 Å². The normalized spacial score (nSPS) is 26.1. The number of aromatic amines is 1. The summed E-state index contributed by atoms with van der Waals surface area (Å²) >= 11 is 14.6. The van der Waals surface area contributed by atoms with E-state index in [1.165, 1.54) is 39.1 Å². The van der Waals surface area contributed by atoms with Crippen LogP contribution in [0, 0.1) is 5.92 Å². The number of ether oxygens (including phenoxy) is 6. The van der Waals surface area contributed by atoms with E-state index in [4.69, 9.17) is 68.8 Å². The minimum absolute atomic E-state index is 0.0622. The molecule has 7 aliphatic rings. The van der Waals surface area contributed by atoms with Gasteiger partial charge >= 0.3 is 5.97 Å². The van der Waals surface area contributed by atoms with Crippen molar-refractivity contribution in [2.24, 2.45) is 23.1 Å². The Balaban J connectivity index is 1.05. The lowest BCUT2D eigenvalue weighted by molar-refractivity contribution is -0.277. The number of likely N-dealkylation sites (N-methyl/N-ethyl adjacent to an activating group) is 1. The molecule has 0 unspecified atom stereocenters. The second kappa shape index (κ2) is 40.1. The van der Waals surface area contributed by atoms with Crippen LogP contribution in [0.15, 0.2) is 109 Å². The monoisotopic (exact) mass is 1820 g/mol. The molecular weight excluding hydrogens is 1720 g/mol. The number of fused-ring (bicyclic) bond motifs is 16. The smallest absolute Gasteiger partial charge is 0.326 e. The number of para-hydroxylation sites is 1. The van der Waals surface area contributed by atoms with Gasteiger partial charge in [0.05, 0.1) is 47.9 Å². The highest BCUT2D eigenvalue weighted by atomic mass is 35.5. The predicted molar refractivity (Wildman–Crippen MR) is 451 cm³/mol. The number of aliphatic hydroxyl groups excluding tert-OH is 6. The highest BCUT2D eigenvalue weighted by Gasteiger charge is 2.57. The number of benzene rings is 6. The van der Waals surface area contributed by atoms with Crippen LogP contribution in [0.25, 0.3) is 22.0 Å². The van der Waals surface area contributed by atoms with Crippen LogP contribution in [0.2, 0.25) is 10.0 Å². The lowest BCUT2D eigenvalue weighted by Crippen LogP contribution is -2.73. The Morgan fingerprint density at radius 1 is 0.703 bits per heavy atom. The van der Waals surface area contributed by atoms with Gasteiger partial charge in [0.25, 0.3) is 11.8 Å². The van der Waals surface area contributed by atoms with E-state index in [-0.39, 0.29) is 72.4 Å². The lowest BCUT2D eigenvalue weighted by Gasteiger charge is -2.44. The standard InChI is InChI=1S/C85H100Cl2N14O27/c1-35(2)20-50(91-5)76(115)101-85(82(121)94-33-61(107)95-51(25-41-31-92-48-11-7-6-10-44(41)48)74(113)96-49(80(119)120)12-8-9-19-88)73(112)39-15-18-56(47(87)24-39)125-58-27-40-26-57(71(58)128-81-69(110)68(109)67(108)59(34-102)126-81)124-55-17-14-38(23-46(55)86)70(127-62-30-84(4,90)72(111)36(3)123-62)66-77(116)93-32-42-21-43(103)28-54(105)63(42)45-22-37(13-16-53(45)104)64(78(117)100-66)99-79(118)65(40)98-75(114)52(29-60(89)106)97-83(85)122/h6-7,10-11,13-18,21-24,26-28,31,35-36,49-52,59,62,64-70,72-73,81,91-92,102-105,108-112H,8-9,12,19-20,25,29-30,32-34,88,90H2,1-5H3,(H2,89,106)(H,93,116)(H,94,121)(H,95,107)(H,96,113)(H,97,122)(H,98,114)(H,99,118)(H,100,117)(H,101,115)(H,119,120)/t36-,49-,50+,51-,52-,59+,62-,64+,65+,66-,67+,68-,69+,70+,72-,73+,81-,84-,85-/m0/s1. The number of hydrogen-bond donors (Lipinski definition) is 24. The van der Waals surface area contributed by atoms with Gasteiger partial charge in [0.15, 0.2) is 17.8 Å². The zero-order valence-corrected chi connectivity index (χ0v) is 71.0. The number of phenolic OH excluding ortho intramolecular Hbond substituents is 3. The molecule has 686 valence electrons. The molecule has 0 aliphatic carbocycles. The van der Waals surface area contributed by atoms with Crippen LogP contribution in [0.5, 0.6) is 46.0 Å². The highest BCUT2D eigenvalue weighted by Crippen LogP contribution is 2.50. The number of halogens is 2. The molecule has 27 N–H and O–H groups in total. The highest BCUT2D eigenvalue weighted by molar-refractivity contribution is 6.32. The number of aliphatic carboxylic acids is 1. The molecule has 11 bridgehead atoms. The molecule has 6 aromatic carbocycles. The minimum Gasteiger partial charge on any atom is -0.508 e. The van der Waals surface area contributed by atoms with Gasteiger partial charge < -0.3 is 155 Å². The summed E-state index contributed by atoms with van der Waals surface area (Å²) in [4.78, 5) is 170. The number of aliphatic hydroxyl groups is 6. The Morgan fingerprint density at radius 2 is 1.36 bits per heavy atom. The van der Waals surface area contributed by atoms with E-state index in [1.807, 2.05) is 0 Å². The largest absolute Gasteiger partial charge is 0.508 e. The van der Waals surface area contributed by atoms with Crippen LogP contribution in [-0.4, -0.2) is 238 Å². The molecule has 8 heterocycles. The number of H-pyrrole nitrogens is 1. The maximum absolute atomic E-state index is 16.6. The molecule has 0 radical (unpaired) electrons. The average Bonchev–Trinajstić information content (AvgIpc) is 0.957. The van der Waals surface area contributed by atoms with Crippen molar-refractivity contribution in [3.05, 3.63) is 153 Å². The first-order chi connectivity index (χ1) is 60.7. The van der Waals surface area contributed by atoms with E-state index < -0.39 is 273 Å². The molecule has 7 aliphatic heterocycles. The van der Waals surface area contributed by atoms with E-state index in [0.717, 1.165) is 60.7 Å². The first-order valence-electron chi connectivity index (χ1n) is 40.8. The molecule has 0 spiro atoms. The summed E-state index contributed by atoms with van der Waals surface area (Å²) < 4.78 is 38.5. The van der Waals surface area contributed by atoms with E-state index >= 15 is 33.6 Å². The number of amides is 10. The molecule has 41 nitrogen and oxygen atoms in total. The van der Waals surface area contributed by atoms with Crippen LogP contribution < -0.4 is 84.6 Å². The number of carboxylic acid groups (broad SMARTS) is 1. The van der Waals surface area contributed by atoms with Crippen molar-refractivity contribution >= 4 is 99.1 Å². The van der Waals surface area contributed by atoms with Crippen molar-refractivity contribution in [3.63, 3.8) is 0 Å². The fraction of sp³-hybridized carbons (Fsp3) is 0.424. The van der Waals surface area contributed by atoms with Crippen molar-refractivity contribution in [3.8, 4) is 57.1 Å². The second-order valence-electron chi connectivity index (χ2n) is 32.5. The molecule has 0 saturated carbocycles. The third-order valence-electron chi connectivity index (χ3n) is 22.7. The van der Waals surface area contributed by atoms with E-state index in [0.29, 0.717) is 22.9 Å². The molecule has 14 rings (SSSR count). The first-order valence-corrected chi connectivity index (χ1v) is 41.6. The Kier molecular flexibility index (Phi) is 29.8. The molecule has 19 atom stereocenters. The zero-order chi connectivity index (χ0) is 92.8. The van der Waals surface area contributed by atoms with Gasteiger partial charge in [-0.25, -0.2) is 4.79 Å². The summed E-state index contributed by atoms with van der Waals surface area (Å²) in [5, 5.41) is 138. The molecular formula is C85H100Cl2N14O27. The number of hydrogen-bond acceptors (Lipinski definition) is 29. The van der Waals surface area contributed by atoms with Gasteiger partial charge in [-0.15, -0.1) is 0 Å². The van der Waals surface area contributed by atoms with Crippen LogP contribution >= 0.6 is 23.2 Å². The molecule has 2 fully saturated rings. The summed E-state index contributed by atoms with van der Waals surface area (Å²) in [5.74, 6) is -20.9. The molecule has 2 saturated heterocycles. The summed E-state index contributed by atoms with van der Waals surface area (Å²) in [6, 6.07) is 6.90. The third-order valence-corrected chi connectivity index (χ3v) is 23.2. The van der Waals surface area contributed by atoms with Crippen molar-refractivity contribution < 1.29 is 132 Å². The number of phenols is 3. The molecule has 1 aromatic heterocycles. The number of nitrogens with one attached hydrogen (secondary N) is 11. The van der Waals surface area contributed by atoms with Crippen molar-refractivity contribution in [1.29, 1.82) is 0 Å². The van der Waals surface area contributed by atoms with Gasteiger partial charge in [-0.1, -0.05) is 73.4 Å². The number of primary amides is 1. The summed E-state index contributed by atoms with van der Waals surface area (Å²) in [5.41, 5.74) is 12.1. The summed E-state index contributed by atoms with van der Waals surface area (Å²) in [6.07, 6.45) is -18.7. The lowest BCUT2D eigenvalue weighted by atomic mass is 9.84. The van der Waals surface area contributed by atoms with E-state index in [2.05, 4.69) is 58.2 Å². The number of carbonyl (C=O) groups excluding carboxylic acids is 10. The van der Waals surface area contributed by atoms with Crippen LogP contribution in [0.3, 0.4) is 0 Å². The maximum atomic E-state index is 16.6. The Hall–Kier alpha value is -12.1. The molecule has 10 amide bonds. The number of carboxylic acids is 1. The number of aromatic hydroxyl groups is 3. The molecule has 7 aromatic rings. The first kappa shape index (κ1) is 95.0. The van der Waals surface area contributed by atoms with Crippen molar-refractivity contribution in [1.82, 2.24) is 58.2 Å². The van der Waals surface area contributed by atoms with Gasteiger partial charge in [-0.2, -0.15) is 0 Å². The second-order valence-corrected chi connectivity index (χ2v) is 33.3. The number of unbranched alkanes of at least 4 members (excludes halogenated alkanes) is 1. The number of carbonyl (C=O) groups is 11. The quantitative estimate of drug-likeness (QED) is 0.0262. The van der Waals surface area contributed by atoms with Gasteiger partial charge in [0, 0.05) is 59.2 Å². The van der Waals surface area contributed by atoms with Crippen molar-refractivity contribution in [2.75, 3.05) is 26.7 Å².